The van der Waals surface area contributed by atoms with E-state index in [1.807, 2.05) is 24.3 Å². The zero-order valence-corrected chi connectivity index (χ0v) is 15.7. The lowest BCUT2D eigenvalue weighted by molar-refractivity contribution is 0.816. The van der Waals surface area contributed by atoms with E-state index in [2.05, 4.69) is 39.4 Å². The van der Waals surface area contributed by atoms with Crippen LogP contribution in [0.4, 0.5) is 0 Å². The second-order valence-corrected chi connectivity index (χ2v) is 5.53. The minimum atomic E-state index is 0. The van der Waals surface area contributed by atoms with Crippen LogP contribution in [0.15, 0.2) is 46.1 Å². The van der Waals surface area contributed by atoms with Crippen LogP contribution in [0.3, 0.4) is 0 Å². The van der Waals surface area contributed by atoms with Gasteiger partial charge in [-0.3, -0.25) is 0 Å². The van der Waals surface area contributed by atoms with Gasteiger partial charge in [0, 0.05) is 18.1 Å². The van der Waals surface area contributed by atoms with Gasteiger partial charge in [-0.05, 0) is 47.0 Å². The van der Waals surface area contributed by atoms with Crippen molar-refractivity contribution in [1.29, 1.82) is 0 Å². The van der Waals surface area contributed by atoms with Gasteiger partial charge in [0.25, 0.3) is 0 Å². The summed E-state index contributed by atoms with van der Waals surface area (Å²) in [7, 11) is 0. The number of hydrogen-bond donors (Lipinski definition) is 2. The molecule has 0 amide bonds. The Bertz CT molecular complexity index is 558. The second kappa shape index (κ2) is 10.0. The second-order valence-electron chi connectivity index (χ2n) is 4.31. The molecule has 1 heterocycles. The highest BCUT2D eigenvalue weighted by Gasteiger charge is 1.99. The summed E-state index contributed by atoms with van der Waals surface area (Å²) in [5, 5.41) is 11.5. The van der Waals surface area contributed by atoms with Crippen molar-refractivity contribution in [3.8, 4) is 0 Å². The third kappa shape index (κ3) is 6.67. The molecule has 0 radical (unpaired) electrons. The minimum Gasteiger partial charge on any atom is -0.357 e. The topological polar surface area (TPSA) is 36.4 Å². The molecule has 0 unspecified atom stereocenters. The van der Waals surface area contributed by atoms with E-state index in [1.165, 1.54) is 5.56 Å². The molecule has 2 N–H and O–H groups in total. The maximum absolute atomic E-state index is 5.98. The number of rotatable bonds is 5. The standard InChI is InChI=1S/C15H18ClN3S.HI/c1-2-17-15(19-10-13-6-7-20-11-13)18-9-12-4-3-5-14(16)8-12;/h3-8,11H,2,9-10H2,1H3,(H2,17,18,19);1H. The average molecular weight is 436 g/mol. The Balaban J connectivity index is 0.00000220. The van der Waals surface area contributed by atoms with E-state index in [1.54, 1.807) is 11.3 Å². The van der Waals surface area contributed by atoms with E-state index < -0.39 is 0 Å². The number of guanidine groups is 1. The maximum atomic E-state index is 5.98. The quantitative estimate of drug-likeness (QED) is 0.418. The van der Waals surface area contributed by atoms with Gasteiger partial charge in [0.05, 0.1) is 6.54 Å². The summed E-state index contributed by atoms with van der Waals surface area (Å²) in [5.41, 5.74) is 2.37. The van der Waals surface area contributed by atoms with Crippen LogP contribution in [0.2, 0.25) is 5.02 Å². The van der Waals surface area contributed by atoms with Crippen LogP contribution in [0.1, 0.15) is 18.1 Å². The summed E-state index contributed by atoms with van der Waals surface area (Å²) in [6.45, 7) is 4.29. The Kier molecular flexibility index (Phi) is 8.72. The van der Waals surface area contributed by atoms with Gasteiger partial charge >= 0.3 is 0 Å². The molecule has 0 aliphatic heterocycles. The highest BCUT2D eigenvalue weighted by molar-refractivity contribution is 14.0. The predicted octanol–water partition coefficient (Wildman–Crippen LogP) is 4.27. The van der Waals surface area contributed by atoms with Crippen LogP contribution in [0.5, 0.6) is 0 Å². The molecule has 3 nitrogen and oxygen atoms in total. The molecule has 0 saturated carbocycles. The van der Waals surface area contributed by atoms with Crippen molar-refractivity contribution in [3.63, 3.8) is 0 Å². The fourth-order valence-electron chi connectivity index (χ4n) is 1.73. The summed E-state index contributed by atoms with van der Waals surface area (Å²) in [5.74, 6) is 0.818. The van der Waals surface area contributed by atoms with Crippen molar-refractivity contribution in [2.75, 3.05) is 6.54 Å². The SMILES string of the molecule is CCNC(=NCc1ccsc1)NCc1cccc(Cl)c1.I. The monoisotopic (exact) mass is 435 g/mol. The molecule has 0 spiro atoms. The summed E-state index contributed by atoms with van der Waals surface area (Å²) in [4.78, 5) is 4.56. The summed E-state index contributed by atoms with van der Waals surface area (Å²) >= 11 is 7.67. The predicted molar refractivity (Wildman–Crippen MR) is 103 cm³/mol. The first-order valence-corrected chi connectivity index (χ1v) is 7.87. The molecule has 1 aromatic heterocycles. The molecule has 114 valence electrons. The van der Waals surface area contributed by atoms with Crippen LogP contribution in [-0.2, 0) is 13.1 Å². The largest absolute Gasteiger partial charge is 0.357 e. The molecule has 6 heteroatoms. The van der Waals surface area contributed by atoms with Crippen molar-refractivity contribution in [1.82, 2.24) is 10.6 Å². The molecular weight excluding hydrogens is 417 g/mol. The summed E-state index contributed by atoms with van der Waals surface area (Å²) < 4.78 is 0. The third-order valence-corrected chi connectivity index (χ3v) is 3.66. The van der Waals surface area contributed by atoms with Gasteiger partial charge in [-0.1, -0.05) is 23.7 Å². The summed E-state index contributed by atoms with van der Waals surface area (Å²) in [6.07, 6.45) is 0. The molecule has 21 heavy (non-hydrogen) atoms. The molecule has 0 fully saturated rings. The number of nitrogens with one attached hydrogen (secondary N) is 2. The highest BCUT2D eigenvalue weighted by atomic mass is 127. The Hall–Kier alpha value is -0.790. The Labute approximate surface area is 151 Å². The lowest BCUT2D eigenvalue weighted by atomic mass is 10.2. The Morgan fingerprint density at radius 3 is 2.76 bits per heavy atom. The lowest BCUT2D eigenvalue weighted by Crippen LogP contribution is -2.36. The van der Waals surface area contributed by atoms with E-state index in [-0.39, 0.29) is 24.0 Å². The van der Waals surface area contributed by atoms with Crippen molar-refractivity contribution < 1.29 is 0 Å². The zero-order chi connectivity index (χ0) is 14.2. The Morgan fingerprint density at radius 1 is 1.24 bits per heavy atom. The smallest absolute Gasteiger partial charge is 0.191 e. The zero-order valence-electron chi connectivity index (χ0n) is 11.8. The average Bonchev–Trinajstić information content (AvgIpc) is 2.95. The van der Waals surface area contributed by atoms with Crippen LogP contribution in [0.25, 0.3) is 0 Å². The first-order chi connectivity index (χ1) is 9.78. The number of hydrogen-bond acceptors (Lipinski definition) is 2. The van der Waals surface area contributed by atoms with Crippen molar-refractivity contribution in [3.05, 3.63) is 57.2 Å². The fraction of sp³-hybridized carbons (Fsp3) is 0.267. The molecule has 1 aromatic carbocycles. The number of halogens is 2. The fourth-order valence-corrected chi connectivity index (χ4v) is 2.60. The molecule has 0 aliphatic rings. The first kappa shape index (κ1) is 18.3. The number of aliphatic imine (C=N–C) groups is 1. The van der Waals surface area contributed by atoms with E-state index in [0.717, 1.165) is 23.1 Å². The van der Waals surface area contributed by atoms with E-state index >= 15 is 0 Å². The Morgan fingerprint density at radius 2 is 2.10 bits per heavy atom. The molecule has 0 bridgehead atoms. The van der Waals surface area contributed by atoms with Gasteiger partial charge in [0.15, 0.2) is 5.96 Å². The molecule has 0 aliphatic carbocycles. The highest BCUT2D eigenvalue weighted by Crippen LogP contribution is 2.10. The van der Waals surface area contributed by atoms with Gasteiger partial charge in [0.2, 0.25) is 0 Å². The van der Waals surface area contributed by atoms with Gasteiger partial charge in [-0.25, -0.2) is 4.99 Å². The van der Waals surface area contributed by atoms with Gasteiger partial charge < -0.3 is 10.6 Å². The van der Waals surface area contributed by atoms with E-state index in [9.17, 15) is 0 Å². The first-order valence-electron chi connectivity index (χ1n) is 6.55. The van der Waals surface area contributed by atoms with Crippen molar-refractivity contribution in [2.24, 2.45) is 4.99 Å². The molecular formula is C15H19ClIN3S. The van der Waals surface area contributed by atoms with Gasteiger partial charge in [0.1, 0.15) is 0 Å². The molecule has 0 atom stereocenters. The summed E-state index contributed by atoms with van der Waals surface area (Å²) in [6, 6.07) is 9.92. The van der Waals surface area contributed by atoms with Crippen molar-refractivity contribution in [2.45, 2.75) is 20.0 Å². The lowest BCUT2D eigenvalue weighted by Gasteiger charge is -2.11. The van der Waals surface area contributed by atoms with Gasteiger partial charge in [-0.2, -0.15) is 11.3 Å². The van der Waals surface area contributed by atoms with Crippen LogP contribution in [0, 0.1) is 0 Å². The van der Waals surface area contributed by atoms with Crippen LogP contribution < -0.4 is 10.6 Å². The maximum Gasteiger partial charge on any atom is 0.191 e. The molecule has 0 saturated heterocycles. The molecule has 2 rings (SSSR count). The van der Waals surface area contributed by atoms with Crippen molar-refractivity contribution >= 4 is 52.9 Å². The van der Waals surface area contributed by atoms with Crippen LogP contribution >= 0.6 is 46.9 Å². The normalized spacial score (nSPS) is 10.9. The van der Waals surface area contributed by atoms with E-state index in [0.29, 0.717) is 13.1 Å². The number of benzene rings is 1. The molecule has 2 aromatic rings. The number of nitrogens with zero attached hydrogens (tertiary/aromatic N) is 1. The van der Waals surface area contributed by atoms with Gasteiger partial charge in [-0.15, -0.1) is 24.0 Å². The number of thiophene rings is 1. The third-order valence-electron chi connectivity index (χ3n) is 2.69. The van der Waals surface area contributed by atoms with Crippen LogP contribution in [-0.4, -0.2) is 12.5 Å². The van der Waals surface area contributed by atoms with E-state index in [4.69, 9.17) is 11.6 Å². The minimum absolute atomic E-state index is 0.